The van der Waals surface area contributed by atoms with Gasteiger partial charge in [-0.2, -0.15) is 5.10 Å². The molecule has 0 amide bonds. The predicted molar refractivity (Wildman–Crippen MR) is 41.9 cm³/mol. The van der Waals surface area contributed by atoms with Gasteiger partial charge in [-0.15, -0.1) is 5.10 Å². The molecule has 0 saturated heterocycles. The smallest absolute Gasteiger partial charge is 0.198 e. The molecule has 2 heterocycles. The van der Waals surface area contributed by atoms with E-state index < -0.39 is 0 Å². The van der Waals surface area contributed by atoms with Gasteiger partial charge in [-0.1, -0.05) is 0 Å². The second-order valence-electron chi connectivity index (χ2n) is 2.15. The molecule has 12 heavy (non-hydrogen) atoms. The molecule has 0 bridgehead atoms. The molecule has 0 spiro atoms. The quantitative estimate of drug-likeness (QED) is 0.612. The maximum Gasteiger partial charge on any atom is 0.198 e. The summed E-state index contributed by atoms with van der Waals surface area (Å²) in [5.74, 6) is 0. The molecule has 2 aromatic rings. The number of nitrogens with zero attached hydrogens (tertiary/aromatic N) is 4. The average molecular weight is 157 g/mol. The highest BCUT2D eigenvalue weighted by Gasteiger charge is 1.97. The first-order valence-electron chi connectivity index (χ1n) is 3.44. The minimum Gasteiger partial charge on any atom is -0.234 e. The Morgan fingerprint density at radius 1 is 1.08 bits per heavy atom. The predicted octanol–water partition coefficient (Wildman–Crippen LogP) is 0.734. The Morgan fingerprint density at radius 3 is 2.75 bits per heavy atom. The topological polar surface area (TPSA) is 51.6 Å². The van der Waals surface area contributed by atoms with Crippen LogP contribution in [0.2, 0.25) is 0 Å². The van der Waals surface area contributed by atoms with Crippen molar-refractivity contribution < 1.29 is 0 Å². The van der Waals surface area contributed by atoms with Gasteiger partial charge < -0.3 is 0 Å². The second-order valence-corrected chi connectivity index (χ2v) is 2.15. The van der Waals surface area contributed by atoms with Crippen molar-refractivity contribution in [3.8, 4) is 11.4 Å². The Hall–Kier alpha value is -1.84. The van der Waals surface area contributed by atoms with Gasteiger partial charge in [-0.3, -0.25) is 0 Å². The molecule has 2 aromatic heterocycles. The Kier molecular flexibility index (Phi) is 1.74. The van der Waals surface area contributed by atoms with Crippen LogP contribution in [0.1, 0.15) is 0 Å². The molecular weight excluding hydrogens is 152 g/mol. The third kappa shape index (κ3) is 1.27. The first-order chi connectivity index (χ1) is 5.97. The highest BCUT2D eigenvalue weighted by atomic mass is 15.1. The number of rotatable bonds is 1. The lowest BCUT2D eigenvalue weighted by Gasteiger charge is -1.94. The number of hydrogen-bond donors (Lipinski definition) is 0. The van der Waals surface area contributed by atoms with Crippen molar-refractivity contribution in [2.45, 2.75) is 0 Å². The Balaban J connectivity index is 2.46. The maximum atomic E-state index is 3.91. The summed E-state index contributed by atoms with van der Waals surface area (Å²) in [4.78, 5) is 7.60. The van der Waals surface area contributed by atoms with Gasteiger partial charge in [0.25, 0.3) is 0 Å². The van der Waals surface area contributed by atoms with E-state index in [4.69, 9.17) is 0 Å². The summed E-state index contributed by atoms with van der Waals surface area (Å²) in [6.45, 7) is 0. The van der Waals surface area contributed by atoms with E-state index in [1.807, 2.05) is 12.1 Å². The fraction of sp³-hybridized carbons (Fsp3) is 0. The largest absolute Gasteiger partial charge is 0.234 e. The lowest BCUT2D eigenvalue weighted by atomic mass is 10.3. The van der Waals surface area contributed by atoms with Gasteiger partial charge >= 0.3 is 0 Å². The van der Waals surface area contributed by atoms with Gasteiger partial charge in [0, 0.05) is 12.4 Å². The lowest BCUT2D eigenvalue weighted by molar-refractivity contribution is 1.02. The molecule has 0 aliphatic carbocycles. The highest BCUT2D eigenvalue weighted by Crippen LogP contribution is 2.08. The van der Waals surface area contributed by atoms with E-state index in [0.717, 1.165) is 11.4 Å². The molecule has 0 atom stereocenters. The molecule has 0 aliphatic heterocycles. The third-order valence-corrected chi connectivity index (χ3v) is 1.37. The summed E-state index contributed by atoms with van der Waals surface area (Å²) in [5.41, 5.74) is 1.47. The molecule has 0 unspecified atom stereocenters. The zero-order chi connectivity index (χ0) is 8.23. The van der Waals surface area contributed by atoms with Crippen LogP contribution in [0.4, 0.5) is 0 Å². The van der Waals surface area contributed by atoms with Crippen molar-refractivity contribution in [3.05, 3.63) is 36.9 Å². The molecule has 0 aromatic carbocycles. The summed E-state index contributed by atoms with van der Waals surface area (Å²) >= 11 is 0. The van der Waals surface area contributed by atoms with Crippen molar-refractivity contribution in [1.29, 1.82) is 0 Å². The lowest BCUT2D eigenvalue weighted by Crippen LogP contribution is -1.88. The van der Waals surface area contributed by atoms with Crippen LogP contribution in [0.15, 0.2) is 30.6 Å². The Labute approximate surface area is 69.3 Å². The molecule has 0 N–H and O–H groups in total. The fourth-order valence-corrected chi connectivity index (χ4v) is 0.842. The first-order valence-corrected chi connectivity index (χ1v) is 3.44. The van der Waals surface area contributed by atoms with Crippen molar-refractivity contribution >= 4 is 0 Å². The molecule has 2 rings (SSSR count). The minimum absolute atomic E-state index is 0.733. The standard InChI is InChI=1S/C8H5N4/c1-2-8(12-11-4-1)7-3-5-9-6-10-7/h1-5H. The van der Waals surface area contributed by atoms with Crippen LogP contribution in [0, 0.1) is 6.33 Å². The zero-order valence-corrected chi connectivity index (χ0v) is 6.18. The van der Waals surface area contributed by atoms with Crippen LogP contribution in [0.5, 0.6) is 0 Å². The van der Waals surface area contributed by atoms with Gasteiger partial charge in [0.05, 0.1) is 5.69 Å². The number of hydrogen-bond acceptors (Lipinski definition) is 4. The molecule has 57 valence electrons. The highest BCUT2D eigenvalue weighted by molar-refractivity contribution is 5.51. The van der Waals surface area contributed by atoms with Crippen LogP contribution in [-0.4, -0.2) is 20.2 Å². The van der Waals surface area contributed by atoms with E-state index in [9.17, 15) is 0 Å². The van der Waals surface area contributed by atoms with Crippen LogP contribution in [0.3, 0.4) is 0 Å². The van der Waals surface area contributed by atoms with Crippen molar-refractivity contribution in [3.63, 3.8) is 0 Å². The number of aromatic nitrogens is 4. The van der Waals surface area contributed by atoms with E-state index in [1.165, 1.54) is 0 Å². The van der Waals surface area contributed by atoms with Gasteiger partial charge in [-0.05, 0) is 18.2 Å². The van der Waals surface area contributed by atoms with E-state index in [2.05, 4.69) is 26.5 Å². The Bertz CT molecular complexity index is 308. The fourth-order valence-electron chi connectivity index (χ4n) is 0.842. The van der Waals surface area contributed by atoms with Gasteiger partial charge in [0.1, 0.15) is 5.69 Å². The van der Waals surface area contributed by atoms with Crippen molar-refractivity contribution in [2.24, 2.45) is 0 Å². The molecule has 4 nitrogen and oxygen atoms in total. The summed E-state index contributed by atoms with van der Waals surface area (Å²) in [7, 11) is 0. The van der Waals surface area contributed by atoms with Crippen molar-refractivity contribution in [2.75, 3.05) is 0 Å². The van der Waals surface area contributed by atoms with Crippen molar-refractivity contribution in [1.82, 2.24) is 20.2 Å². The molecule has 1 radical (unpaired) electrons. The van der Waals surface area contributed by atoms with Gasteiger partial charge in [0.2, 0.25) is 0 Å². The molecule has 4 heteroatoms. The van der Waals surface area contributed by atoms with Crippen LogP contribution in [-0.2, 0) is 0 Å². The maximum absolute atomic E-state index is 3.91. The normalized spacial score (nSPS) is 9.67. The van der Waals surface area contributed by atoms with E-state index in [0.29, 0.717) is 0 Å². The van der Waals surface area contributed by atoms with Crippen LogP contribution >= 0.6 is 0 Å². The second kappa shape index (κ2) is 3.04. The van der Waals surface area contributed by atoms with Crippen LogP contribution < -0.4 is 0 Å². The summed E-state index contributed by atoms with van der Waals surface area (Å²) in [5, 5.41) is 7.63. The van der Waals surface area contributed by atoms with E-state index in [-0.39, 0.29) is 0 Å². The summed E-state index contributed by atoms with van der Waals surface area (Å²) in [6.07, 6.45) is 5.73. The first kappa shape index (κ1) is 6.84. The third-order valence-electron chi connectivity index (χ3n) is 1.37. The summed E-state index contributed by atoms with van der Waals surface area (Å²) in [6, 6.07) is 5.41. The SMILES string of the molecule is [c]1nccc(-c2cccnn2)n1. The molecule has 0 saturated carbocycles. The summed E-state index contributed by atoms with van der Waals surface area (Å²) < 4.78 is 0. The van der Waals surface area contributed by atoms with Crippen LogP contribution in [0.25, 0.3) is 11.4 Å². The monoisotopic (exact) mass is 157 g/mol. The minimum atomic E-state index is 0.733. The van der Waals surface area contributed by atoms with Gasteiger partial charge in [0.15, 0.2) is 6.33 Å². The van der Waals surface area contributed by atoms with E-state index >= 15 is 0 Å². The van der Waals surface area contributed by atoms with E-state index in [1.54, 1.807) is 18.5 Å². The molecule has 0 fully saturated rings. The zero-order valence-electron chi connectivity index (χ0n) is 6.18. The molecular formula is C8H5N4. The van der Waals surface area contributed by atoms with Gasteiger partial charge in [-0.25, -0.2) is 9.97 Å². The molecule has 0 aliphatic rings. The Morgan fingerprint density at radius 2 is 2.08 bits per heavy atom. The average Bonchev–Trinajstić information content (AvgIpc) is 2.21.